The second-order valence-corrected chi connectivity index (χ2v) is 10.4. The van der Waals surface area contributed by atoms with Crippen LogP contribution in [0.5, 0.6) is 0 Å². The van der Waals surface area contributed by atoms with Gasteiger partial charge in [-0.2, -0.15) is 0 Å². The zero-order valence-corrected chi connectivity index (χ0v) is 24.9. The smallest absolute Gasteiger partial charge is 0.434 e. The highest BCUT2D eigenvalue weighted by molar-refractivity contribution is 5.95. The molecule has 2 aromatic carbocycles. The SMILES string of the molecule is Cc1nc(C)c2c(n1)N(Cc1ccc(-c3ccccc3-c3nnn(COC(=O)OCCCCCO[N+](=O)[O-])n3)cc1)C(=O)CC2. The molecule has 45 heavy (non-hydrogen) atoms. The van der Waals surface area contributed by atoms with Crippen LogP contribution in [0, 0.1) is 24.0 Å². The van der Waals surface area contributed by atoms with E-state index in [0.29, 0.717) is 56.1 Å². The number of rotatable bonds is 13. The number of carbonyl (C=O) groups excluding carboxylic acids is 2. The topological polar surface area (TPSA) is 178 Å². The lowest BCUT2D eigenvalue weighted by atomic mass is 9.98. The fourth-order valence-electron chi connectivity index (χ4n) is 5.02. The number of carbonyl (C=O) groups is 2. The Hall–Kier alpha value is -5.47. The van der Waals surface area contributed by atoms with Gasteiger partial charge in [-0.1, -0.05) is 48.5 Å². The lowest BCUT2D eigenvalue weighted by Crippen LogP contribution is -2.36. The van der Waals surface area contributed by atoms with Crippen molar-refractivity contribution in [2.24, 2.45) is 0 Å². The molecule has 0 N–H and O–H groups in total. The molecule has 0 fully saturated rings. The third kappa shape index (κ3) is 7.93. The lowest BCUT2D eigenvalue weighted by molar-refractivity contribution is -0.757. The van der Waals surface area contributed by atoms with Crippen molar-refractivity contribution in [2.45, 2.75) is 59.2 Å². The standard InChI is InChI=1S/C30H32N8O7/c1-20-24-14-15-27(39)36(29(24)32-21(2)31-20)18-22-10-12-23(13-11-22)25-8-4-5-9-26(25)28-33-35-37(34-28)19-44-30(40)43-16-6-3-7-17-45-38(41)42/h4-5,8-13H,3,6-7,14-19H2,1-2H3. The first-order valence-corrected chi connectivity index (χ1v) is 14.5. The summed E-state index contributed by atoms with van der Waals surface area (Å²) in [5, 5.41) is 21.8. The number of aryl methyl sites for hydroxylation is 2. The zero-order chi connectivity index (χ0) is 31.8. The van der Waals surface area contributed by atoms with Gasteiger partial charge >= 0.3 is 6.16 Å². The maximum atomic E-state index is 12.9. The minimum atomic E-state index is -0.886. The van der Waals surface area contributed by atoms with Crippen LogP contribution in [-0.2, 0) is 38.8 Å². The van der Waals surface area contributed by atoms with Crippen molar-refractivity contribution >= 4 is 17.9 Å². The van der Waals surface area contributed by atoms with Crippen molar-refractivity contribution in [2.75, 3.05) is 18.1 Å². The summed E-state index contributed by atoms with van der Waals surface area (Å²) in [6, 6.07) is 15.6. The van der Waals surface area contributed by atoms with Gasteiger partial charge in [0.25, 0.3) is 5.09 Å². The summed E-state index contributed by atoms with van der Waals surface area (Å²) in [4.78, 5) is 51.0. The highest BCUT2D eigenvalue weighted by Crippen LogP contribution is 2.32. The Labute approximate surface area is 258 Å². The number of aromatic nitrogens is 6. The normalized spacial score (nSPS) is 12.5. The number of ether oxygens (including phenoxy) is 2. The Bertz CT molecular complexity index is 1680. The Morgan fingerprint density at radius 2 is 1.71 bits per heavy atom. The Morgan fingerprint density at radius 1 is 0.956 bits per heavy atom. The molecule has 0 radical (unpaired) electrons. The number of nitrogens with zero attached hydrogens (tertiary/aromatic N) is 8. The van der Waals surface area contributed by atoms with Crippen LogP contribution in [0.4, 0.5) is 10.6 Å². The first-order valence-electron chi connectivity index (χ1n) is 14.5. The van der Waals surface area contributed by atoms with E-state index >= 15 is 0 Å². The minimum absolute atomic E-state index is 0.00176. The van der Waals surface area contributed by atoms with Crippen LogP contribution in [0.25, 0.3) is 22.5 Å². The van der Waals surface area contributed by atoms with E-state index in [4.69, 9.17) is 9.47 Å². The molecule has 0 aliphatic carbocycles. The van der Waals surface area contributed by atoms with E-state index in [2.05, 4.69) is 30.2 Å². The van der Waals surface area contributed by atoms with Crippen LogP contribution in [0.15, 0.2) is 48.5 Å². The van der Waals surface area contributed by atoms with Crippen LogP contribution >= 0.6 is 0 Å². The summed E-state index contributed by atoms with van der Waals surface area (Å²) in [5.41, 5.74) is 5.43. The first kappa shape index (κ1) is 31.0. The van der Waals surface area contributed by atoms with Crippen molar-refractivity contribution in [3.8, 4) is 22.5 Å². The van der Waals surface area contributed by atoms with E-state index in [9.17, 15) is 19.7 Å². The molecule has 234 valence electrons. The fraction of sp³-hybridized carbons (Fsp3) is 0.367. The van der Waals surface area contributed by atoms with Gasteiger partial charge in [0.2, 0.25) is 18.5 Å². The molecule has 2 aromatic heterocycles. The van der Waals surface area contributed by atoms with Gasteiger partial charge in [0.1, 0.15) is 11.6 Å². The summed E-state index contributed by atoms with van der Waals surface area (Å²) in [7, 11) is 0. The van der Waals surface area contributed by atoms with E-state index in [1.54, 1.807) is 4.90 Å². The number of hydrogen-bond acceptors (Lipinski definition) is 12. The Morgan fingerprint density at radius 3 is 2.49 bits per heavy atom. The molecule has 1 amide bonds. The minimum Gasteiger partial charge on any atom is -0.434 e. The molecule has 0 saturated heterocycles. The largest absolute Gasteiger partial charge is 0.510 e. The summed E-state index contributed by atoms with van der Waals surface area (Å²) in [6.45, 7) is 4.01. The third-order valence-electron chi connectivity index (χ3n) is 7.18. The van der Waals surface area contributed by atoms with Gasteiger partial charge in [-0.15, -0.1) is 25.1 Å². The predicted molar refractivity (Wildman–Crippen MR) is 159 cm³/mol. The van der Waals surface area contributed by atoms with E-state index < -0.39 is 11.2 Å². The molecule has 4 aromatic rings. The molecule has 15 nitrogen and oxygen atoms in total. The quantitative estimate of drug-likeness (QED) is 0.0897. The molecule has 0 atom stereocenters. The average Bonchev–Trinajstić information content (AvgIpc) is 3.50. The summed E-state index contributed by atoms with van der Waals surface area (Å²) >= 11 is 0. The number of hydrogen-bond donors (Lipinski definition) is 0. The second kappa shape index (κ2) is 14.3. The summed E-state index contributed by atoms with van der Waals surface area (Å²) < 4.78 is 10.1. The summed E-state index contributed by atoms with van der Waals surface area (Å²) in [6.07, 6.45) is 1.77. The highest BCUT2D eigenvalue weighted by Gasteiger charge is 2.27. The van der Waals surface area contributed by atoms with Gasteiger partial charge in [-0.3, -0.25) is 9.69 Å². The van der Waals surface area contributed by atoms with Crippen molar-refractivity contribution in [1.29, 1.82) is 0 Å². The van der Waals surface area contributed by atoms with E-state index in [1.165, 1.54) is 0 Å². The number of unbranched alkanes of at least 4 members (excludes halogenated alkanes) is 2. The molecule has 0 spiro atoms. The molecule has 1 aliphatic heterocycles. The first-order chi connectivity index (χ1) is 21.8. The Kier molecular flexibility index (Phi) is 9.87. The van der Waals surface area contributed by atoms with Gasteiger partial charge in [-0.25, -0.2) is 14.8 Å². The molecule has 1 aliphatic rings. The number of amides is 1. The van der Waals surface area contributed by atoms with Gasteiger partial charge in [0, 0.05) is 23.2 Å². The van der Waals surface area contributed by atoms with E-state index in [1.807, 2.05) is 62.4 Å². The van der Waals surface area contributed by atoms with E-state index in [-0.39, 0.29) is 25.9 Å². The van der Waals surface area contributed by atoms with Crippen LogP contribution in [-0.4, -0.2) is 60.5 Å². The predicted octanol–water partition coefficient (Wildman–Crippen LogP) is 4.38. The number of benzene rings is 2. The van der Waals surface area contributed by atoms with Crippen molar-refractivity contribution in [3.05, 3.63) is 81.3 Å². The zero-order valence-electron chi connectivity index (χ0n) is 24.9. The molecule has 3 heterocycles. The van der Waals surface area contributed by atoms with Crippen molar-refractivity contribution in [3.63, 3.8) is 0 Å². The van der Waals surface area contributed by atoms with Crippen LogP contribution in [0.2, 0.25) is 0 Å². The van der Waals surface area contributed by atoms with Crippen molar-refractivity contribution in [1.82, 2.24) is 30.2 Å². The van der Waals surface area contributed by atoms with Gasteiger partial charge in [-0.05, 0) is 61.4 Å². The fourth-order valence-corrected chi connectivity index (χ4v) is 5.02. The molecule has 0 unspecified atom stereocenters. The van der Waals surface area contributed by atoms with E-state index in [0.717, 1.165) is 38.3 Å². The molecular formula is C30H32N8O7. The molecular weight excluding hydrogens is 584 g/mol. The molecule has 0 saturated carbocycles. The second-order valence-electron chi connectivity index (χ2n) is 10.4. The molecule has 15 heteroatoms. The Balaban J connectivity index is 1.19. The maximum Gasteiger partial charge on any atom is 0.510 e. The summed E-state index contributed by atoms with van der Waals surface area (Å²) in [5.74, 6) is 1.72. The third-order valence-corrected chi connectivity index (χ3v) is 7.18. The lowest BCUT2D eigenvalue weighted by Gasteiger charge is -2.29. The van der Waals surface area contributed by atoms with Crippen LogP contribution in [0.3, 0.4) is 0 Å². The number of tetrazole rings is 1. The monoisotopic (exact) mass is 616 g/mol. The highest BCUT2D eigenvalue weighted by atomic mass is 16.9. The van der Waals surface area contributed by atoms with Crippen molar-refractivity contribution < 1.29 is 29.0 Å². The maximum absolute atomic E-state index is 12.9. The van der Waals surface area contributed by atoms with Gasteiger partial charge in [0.05, 0.1) is 19.8 Å². The number of anilines is 1. The van der Waals surface area contributed by atoms with Gasteiger partial charge < -0.3 is 14.3 Å². The van der Waals surface area contributed by atoms with Crippen LogP contribution < -0.4 is 4.90 Å². The number of fused-ring (bicyclic) bond motifs is 1. The average molecular weight is 617 g/mol. The molecule has 5 rings (SSSR count). The van der Waals surface area contributed by atoms with Gasteiger partial charge in [0.15, 0.2) is 0 Å². The van der Waals surface area contributed by atoms with Crippen LogP contribution in [0.1, 0.15) is 48.3 Å². The molecule has 0 bridgehead atoms.